The lowest BCUT2D eigenvalue weighted by molar-refractivity contribution is 0.318. The van der Waals surface area contributed by atoms with Crippen molar-refractivity contribution in [3.63, 3.8) is 0 Å². The highest BCUT2D eigenvalue weighted by molar-refractivity contribution is 9.11. The van der Waals surface area contributed by atoms with Gasteiger partial charge in [-0.15, -0.1) is 11.3 Å². The standard InChI is InChI=1S/C13H21BrN2S/c1-16(9-11-8-13(14)17-10-11)7-3-2-6-15-12-4-5-12/h8,10,12,15H,2-7,9H2,1H3. The fourth-order valence-electron chi connectivity index (χ4n) is 1.92. The largest absolute Gasteiger partial charge is 0.314 e. The Bertz CT molecular complexity index is 336. The lowest BCUT2D eigenvalue weighted by Gasteiger charge is -2.15. The summed E-state index contributed by atoms with van der Waals surface area (Å²) in [5, 5.41) is 5.79. The van der Waals surface area contributed by atoms with Crippen LogP contribution in [-0.4, -0.2) is 31.1 Å². The van der Waals surface area contributed by atoms with Gasteiger partial charge in [-0.3, -0.25) is 0 Å². The average Bonchev–Trinajstić information content (AvgIpc) is 3.02. The predicted octanol–water partition coefficient (Wildman–Crippen LogP) is 3.47. The van der Waals surface area contributed by atoms with Gasteiger partial charge in [0, 0.05) is 12.6 Å². The second-order valence-corrected chi connectivity index (χ2v) is 7.22. The summed E-state index contributed by atoms with van der Waals surface area (Å²) < 4.78 is 1.23. The first kappa shape index (κ1) is 13.5. The fraction of sp³-hybridized carbons (Fsp3) is 0.692. The Hall–Kier alpha value is 0.100. The molecule has 17 heavy (non-hydrogen) atoms. The maximum Gasteiger partial charge on any atom is 0.0701 e. The molecule has 0 aliphatic heterocycles. The van der Waals surface area contributed by atoms with E-state index in [9.17, 15) is 0 Å². The van der Waals surface area contributed by atoms with Gasteiger partial charge in [-0.2, -0.15) is 0 Å². The Morgan fingerprint density at radius 2 is 2.29 bits per heavy atom. The van der Waals surface area contributed by atoms with E-state index in [4.69, 9.17) is 0 Å². The van der Waals surface area contributed by atoms with Gasteiger partial charge in [0.25, 0.3) is 0 Å². The van der Waals surface area contributed by atoms with Crippen LogP contribution in [0.5, 0.6) is 0 Å². The van der Waals surface area contributed by atoms with Gasteiger partial charge in [0.05, 0.1) is 3.79 Å². The molecule has 1 aliphatic carbocycles. The van der Waals surface area contributed by atoms with Crippen molar-refractivity contribution in [1.82, 2.24) is 10.2 Å². The van der Waals surface area contributed by atoms with Crippen LogP contribution < -0.4 is 5.32 Å². The van der Waals surface area contributed by atoms with E-state index >= 15 is 0 Å². The van der Waals surface area contributed by atoms with Crippen LogP contribution >= 0.6 is 27.3 Å². The number of nitrogens with one attached hydrogen (secondary N) is 1. The van der Waals surface area contributed by atoms with Crippen LogP contribution in [0.3, 0.4) is 0 Å². The molecule has 0 amide bonds. The molecule has 1 heterocycles. The predicted molar refractivity (Wildman–Crippen MR) is 78.6 cm³/mol. The molecule has 0 saturated heterocycles. The first-order valence-electron chi connectivity index (χ1n) is 6.39. The Morgan fingerprint density at radius 1 is 1.47 bits per heavy atom. The first-order valence-corrected chi connectivity index (χ1v) is 8.06. The van der Waals surface area contributed by atoms with E-state index < -0.39 is 0 Å². The molecule has 1 fully saturated rings. The van der Waals surface area contributed by atoms with Gasteiger partial charge in [0.1, 0.15) is 0 Å². The van der Waals surface area contributed by atoms with Gasteiger partial charge >= 0.3 is 0 Å². The second kappa shape index (κ2) is 6.88. The summed E-state index contributed by atoms with van der Waals surface area (Å²) >= 11 is 5.27. The van der Waals surface area contributed by atoms with Crippen molar-refractivity contribution in [3.8, 4) is 0 Å². The monoisotopic (exact) mass is 316 g/mol. The Labute approximate surface area is 117 Å². The molecule has 0 radical (unpaired) electrons. The van der Waals surface area contributed by atoms with Crippen LogP contribution in [-0.2, 0) is 6.54 Å². The van der Waals surface area contributed by atoms with Gasteiger partial charge in [-0.1, -0.05) is 0 Å². The summed E-state index contributed by atoms with van der Waals surface area (Å²) in [6.07, 6.45) is 5.38. The van der Waals surface area contributed by atoms with E-state index in [2.05, 4.69) is 44.6 Å². The molecular formula is C13H21BrN2S. The minimum atomic E-state index is 0.857. The highest BCUT2D eigenvalue weighted by Gasteiger charge is 2.19. The van der Waals surface area contributed by atoms with Crippen molar-refractivity contribution < 1.29 is 0 Å². The Morgan fingerprint density at radius 3 is 2.94 bits per heavy atom. The zero-order chi connectivity index (χ0) is 12.1. The molecule has 0 aromatic carbocycles. The quantitative estimate of drug-likeness (QED) is 0.739. The molecule has 0 unspecified atom stereocenters. The third-order valence-electron chi connectivity index (χ3n) is 3.05. The van der Waals surface area contributed by atoms with Crippen LogP contribution in [0.25, 0.3) is 0 Å². The molecule has 1 N–H and O–H groups in total. The summed E-state index contributed by atoms with van der Waals surface area (Å²) in [5.74, 6) is 0. The zero-order valence-corrected chi connectivity index (χ0v) is 12.8. The molecule has 96 valence electrons. The number of halogens is 1. The Kier molecular flexibility index (Phi) is 5.48. The summed E-state index contributed by atoms with van der Waals surface area (Å²) in [6, 6.07) is 3.08. The van der Waals surface area contributed by atoms with Crippen molar-refractivity contribution >= 4 is 27.3 Å². The number of rotatable bonds is 8. The molecule has 1 aliphatic rings. The second-order valence-electron chi connectivity index (χ2n) is 4.93. The third-order valence-corrected chi connectivity index (χ3v) is 4.60. The molecule has 2 rings (SSSR count). The first-order chi connectivity index (χ1) is 8.24. The molecule has 0 bridgehead atoms. The molecular weight excluding hydrogens is 296 g/mol. The normalized spacial score (nSPS) is 15.7. The maximum absolute atomic E-state index is 3.56. The zero-order valence-electron chi connectivity index (χ0n) is 10.4. The lowest BCUT2D eigenvalue weighted by atomic mass is 10.2. The van der Waals surface area contributed by atoms with E-state index in [1.807, 2.05) is 0 Å². The molecule has 2 nitrogen and oxygen atoms in total. The highest BCUT2D eigenvalue weighted by atomic mass is 79.9. The lowest BCUT2D eigenvalue weighted by Crippen LogP contribution is -2.21. The molecule has 0 spiro atoms. The van der Waals surface area contributed by atoms with Gasteiger partial charge in [-0.05, 0) is 78.8 Å². The summed E-state index contributed by atoms with van der Waals surface area (Å²) in [5.41, 5.74) is 1.42. The SMILES string of the molecule is CN(CCCCNC1CC1)Cc1csc(Br)c1. The summed E-state index contributed by atoms with van der Waals surface area (Å²) in [7, 11) is 2.21. The summed E-state index contributed by atoms with van der Waals surface area (Å²) in [6.45, 7) is 3.46. The van der Waals surface area contributed by atoms with Crippen LogP contribution in [0.15, 0.2) is 15.2 Å². The summed E-state index contributed by atoms with van der Waals surface area (Å²) in [4.78, 5) is 2.41. The molecule has 1 aromatic heterocycles. The van der Waals surface area contributed by atoms with Crippen molar-refractivity contribution in [2.24, 2.45) is 0 Å². The minimum absolute atomic E-state index is 0.857. The number of hydrogen-bond donors (Lipinski definition) is 1. The van der Waals surface area contributed by atoms with Crippen molar-refractivity contribution in [2.75, 3.05) is 20.1 Å². The van der Waals surface area contributed by atoms with Gasteiger partial charge in [0.15, 0.2) is 0 Å². The molecule has 0 atom stereocenters. The van der Waals surface area contributed by atoms with Crippen LogP contribution in [0.2, 0.25) is 0 Å². The maximum atomic E-state index is 3.56. The fourth-order valence-corrected chi connectivity index (χ4v) is 3.12. The number of thiophene rings is 1. The molecule has 1 aromatic rings. The smallest absolute Gasteiger partial charge is 0.0701 e. The van der Waals surface area contributed by atoms with Gasteiger partial charge in [0.2, 0.25) is 0 Å². The van der Waals surface area contributed by atoms with E-state index in [0.29, 0.717) is 0 Å². The highest BCUT2D eigenvalue weighted by Crippen LogP contribution is 2.21. The van der Waals surface area contributed by atoms with E-state index in [1.165, 1.54) is 48.1 Å². The van der Waals surface area contributed by atoms with E-state index in [-0.39, 0.29) is 0 Å². The van der Waals surface area contributed by atoms with Crippen molar-refractivity contribution in [3.05, 3.63) is 20.8 Å². The average molecular weight is 317 g/mol. The van der Waals surface area contributed by atoms with E-state index in [1.54, 1.807) is 11.3 Å². The number of nitrogens with zero attached hydrogens (tertiary/aromatic N) is 1. The van der Waals surface area contributed by atoms with Gasteiger partial charge < -0.3 is 10.2 Å². The van der Waals surface area contributed by atoms with Crippen LogP contribution in [0.4, 0.5) is 0 Å². The van der Waals surface area contributed by atoms with Crippen molar-refractivity contribution in [1.29, 1.82) is 0 Å². The Balaban J connectivity index is 1.52. The van der Waals surface area contributed by atoms with Crippen LogP contribution in [0.1, 0.15) is 31.2 Å². The minimum Gasteiger partial charge on any atom is -0.314 e. The topological polar surface area (TPSA) is 15.3 Å². The van der Waals surface area contributed by atoms with Crippen molar-refractivity contribution in [2.45, 2.75) is 38.3 Å². The number of unbranched alkanes of at least 4 members (excludes halogenated alkanes) is 1. The molecule has 1 saturated carbocycles. The van der Waals surface area contributed by atoms with E-state index in [0.717, 1.165) is 12.6 Å². The molecule has 4 heteroatoms. The van der Waals surface area contributed by atoms with Crippen LogP contribution in [0, 0.1) is 0 Å². The van der Waals surface area contributed by atoms with Gasteiger partial charge in [-0.25, -0.2) is 0 Å². The number of hydrogen-bond acceptors (Lipinski definition) is 3. The third kappa shape index (κ3) is 5.51.